The normalized spacial score (nSPS) is 19.5. The fraction of sp³-hybridized carbons (Fsp3) is 0.448. The Morgan fingerprint density at radius 1 is 1.03 bits per heavy atom. The lowest BCUT2D eigenvalue weighted by molar-refractivity contribution is 0.164. The minimum Gasteiger partial charge on any atom is -0.470 e. The maximum absolute atomic E-state index is 6.99. The molecule has 1 saturated carbocycles. The Morgan fingerprint density at radius 3 is 2.53 bits per heavy atom. The van der Waals surface area contributed by atoms with E-state index in [0.717, 1.165) is 60.8 Å². The van der Waals surface area contributed by atoms with Crippen molar-refractivity contribution in [2.45, 2.75) is 63.6 Å². The summed E-state index contributed by atoms with van der Waals surface area (Å²) in [5, 5.41) is 4.32. The van der Waals surface area contributed by atoms with Crippen molar-refractivity contribution in [2.24, 2.45) is 0 Å². The van der Waals surface area contributed by atoms with Crippen molar-refractivity contribution in [3.63, 3.8) is 0 Å². The van der Waals surface area contributed by atoms with Crippen molar-refractivity contribution in [1.29, 1.82) is 0 Å². The lowest BCUT2D eigenvalue weighted by atomic mass is 9.79. The number of aryl methyl sites for hydroxylation is 1. The second kappa shape index (κ2) is 8.92. The van der Waals surface area contributed by atoms with Gasteiger partial charge in [-0.3, -0.25) is 4.98 Å². The van der Waals surface area contributed by atoms with Crippen LogP contribution < -0.4 is 15.0 Å². The Kier molecular flexibility index (Phi) is 5.60. The molecule has 3 aliphatic rings. The summed E-state index contributed by atoms with van der Waals surface area (Å²) in [4.78, 5) is 21.2. The number of pyridine rings is 1. The first-order chi connectivity index (χ1) is 18.4. The quantitative estimate of drug-likeness (QED) is 0.369. The van der Waals surface area contributed by atoms with Crippen LogP contribution in [0.25, 0.3) is 22.6 Å². The molecule has 0 radical (unpaired) electrons. The summed E-state index contributed by atoms with van der Waals surface area (Å²) in [5.74, 6) is 1.26. The van der Waals surface area contributed by atoms with Crippen molar-refractivity contribution >= 4 is 28.5 Å². The average molecular weight is 530 g/mol. The van der Waals surface area contributed by atoms with Gasteiger partial charge in [0.1, 0.15) is 17.8 Å². The number of anilines is 1. The van der Waals surface area contributed by atoms with E-state index in [1.165, 1.54) is 19.3 Å². The highest BCUT2D eigenvalue weighted by Gasteiger charge is 2.41. The number of hydrogen-bond donors (Lipinski definition) is 1. The summed E-state index contributed by atoms with van der Waals surface area (Å²) < 4.78 is 8.35. The van der Waals surface area contributed by atoms with E-state index >= 15 is 0 Å². The molecule has 9 heteroatoms. The van der Waals surface area contributed by atoms with Crippen LogP contribution in [-0.4, -0.2) is 55.3 Å². The van der Waals surface area contributed by atoms with Crippen LogP contribution in [0.2, 0.25) is 5.02 Å². The molecular weight excluding hydrogens is 498 g/mol. The maximum atomic E-state index is 6.99. The van der Waals surface area contributed by atoms with E-state index in [1.54, 1.807) is 6.33 Å². The second-order valence-corrected chi connectivity index (χ2v) is 11.8. The predicted octanol–water partition coefficient (Wildman–Crippen LogP) is 5.16. The van der Waals surface area contributed by atoms with Gasteiger partial charge < -0.3 is 19.5 Å². The van der Waals surface area contributed by atoms with Gasteiger partial charge in [-0.05, 0) is 88.4 Å². The van der Waals surface area contributed by atoms with Gasteiger partial charge in [0.2, 0.25) is 5.88 Å². The number of benzene rings is 1. The Labute approximate surface area is 227 Å². The monoisotopic (exact) mass is 529 g/mol. The minimum absolute atomic E-state index is 0.176. The van der Waals surface area contributed by atoms with Gasteiger partial charge in [0, 0.05) is 36.1 Å². The smallest absolute Gasteiger partial charge is 0.245 e. The third-order valence-corrected chi connectivity index (χ3v) is 8.78. The summed E-state index contributed by atoms with van der Waals surface area (Å²) in [6.45, 7) is 7.91. The summed E-state index contributed by atoms with van der Waals surface area (Å²) >= 11 is 6.99. The molecule has 38 heavy (non-hydrogen) atoms. The van der Waals surface area contributed by atoms with Gasteiger partial charge in [-0.2, -0.15) is 4.98 Å². The number of nitrogens with zero attached hydrogens (tertiary/aromatic N) is 6. The van der Waals surface area contributed by atoms with Gasteiger partial charge in [-0.15, -0.1) is 0 Å². The molecule has 2 aliphatic heterocycles. The van der Waals surface area contributed by atoms with Crippen molar-refractivity contribution < 1.29 is 4.74 Å². The number of hydrogen-bond acceptors (Lipinski definition) is 7. The van der Waals surface area contributed by atoms with Gasteiger partial charge in [-0.25, -0.2) is 9.97 Å². The zero-order chi connectivity index (χ0) is 25.9. The number of fused-ring (bicyclic) bond motifs is 1. The minimum atomic E-state index is -0.176. The van der Waals surface area contributed by atoms with E-state index in [-0.39, 0.29) is 5.60 Å². The summed E-state index contributed by atoms with van der Waals surface area (Å²) in [7, 11) is 0. The molecule has 7 rings (SSSR count). The number of nitrogens with one attached hydrogen (secondary N) is 1. The number of piperidine rings is 1. The third kappa shape index (κ3) is 4.29. The first kappa shape index (κ1) is 23.9. The number of ether oxygens (including phenoxy) is 1. The molecule has 1 N–H and O–H groups in total. The van der Waals surface area contributed by atoms with Gasteiger partial charge in [-0.1, -0.05) is 11.6 Å². The topological polar surface area (TPSA) is 81.0 Å². The molecule has 4 aromatic rings. The summed E-state index contributed by atoms with van der Waals surface area (Å²) in [6.07, 6.45) is 9.06. The molecule has 0 atom stereocenters. The van der Waals surface area contributed by atoms with Crippen molar-refractivity contribution in [3.05, 3.63) is 59.1 Å². The SMILES string of the molecule is Cc1ccnc(Cn2c(-c3ccc(N4CCC5(CCN5)CC4)cc3Cl)nc3c(OC4(C)CC4)ncnc32)c1. The number of aromatic nitrogens is 5. The number of imidazole rings is 1. The van der Waals surface area contributed by atoms with E-state index < -0.39 is 0 Å². The standard InChI is InChI=1S/C29H32ClN7O/c1-19-5-11-31-20(15-19)17-37-25(35-24-26(37)32-18-33-27(24)38-28(2)6-7-28)22-4-3-21(16-23(22)30)36-13-9-29(10-14-36)8-12-34-29/h3-5,11,15-16,18,34H,6-10,12-14,17H2,1-2H3. The number of halogens is 1. The first-order valence-electron chi connectivity index (χ1n) is 13.5. The molecule has 1 spiro atoms. The van der Waals surface area contributed by atoms with Crippen LogP contribution in [-0.2, 0) is 6.54 Å². The lowest BCUT2D eigenvalue weighted by Crippen LogP contribution is -2.61. The highest BCUT2D eigenvalue weighted by Crippen LogP contribution is 2.42. The molecule has 1 aromatic carbocycles. The fourth-order valence-electron chi connectivity index (χ4n) is 5.68. The highest BCUT2D eigenvalue weighted by atomic mass is 35.5. The second-order valence-electron chi connectivity index (χ2n) is 11.4. The molecule has 196 valence electrons. The third-order valence-electron chi connectivity index (χ3n) is 8.47. The Balaban J connectivity index is 1.27. The van der Waals surface area contributed by atoms with Crippen LogP contribution in [0, 0.1) is 6.92 Å². The summed E-state index contributed by atoms with van der Waals surface area (Å²) in [6, 6.07) is 10.4. The van der Waals surface area contributed by atoms with Crippen molar-refractivity contribution in [2.75, 3.05) is 24.5 Å². The van der Waals surface area contributed by atoms with E-state index in [4.69, 9.17) is 21.3 Å². The average Bonchev–Trinajstić information content (AvgIpc) is 3.51. The van der Waals surface area contributed by atoms with Crippen LogP contribution in [0.1, 0.15) is 50.3 Å². The van der Waals surface area contributed by atoms with E-state index in [0.29, 0.717) is 34.2 Å². The van der Waals surface area contributed by atoms with Crippen LogP contribution in [0.15, 0.2) is 42.9 Å². The molecule has 0 amide bonds. The molecule has 0 unspecified atom stereocenters. The Hall–Kier alpha value is -3.23. The first-order valence-corrected chi connectivity index (χ1v) is 13.9. The van der Waals surface area contributed by atoms with Gasteiger partial charge in [0.05, 0.1) is 17.3 Å². The predicted molar refractivity (Wildman–Crippen MR) is 149 cm³/mol. The lowest BCUT2D eigenvalue weighted by Gasteiger charge is -2.49. The molecule has 0 bridgehead atoms. The van der Waals surface area contributed by atoms with Crippen LogP contribution >= 0.6 is 11.6 Å². The molecule has 3 aromatic heterocycles. The molecule has 8 nitrogen and oxygen atoms in total. The van der Waals surface area contributed by atoms with Crippen molar-refractivity contribution in [3.8, 4) is 17.3 Å². The van der Waals surface area contributed by atoms with Gasteiger partial charge >= 0.3 is 0 Å². The molecule has 1 aliphatic carbocycles. The van der Waals surface area contributed by atoms with Crippen LogP contribution in [0.4, 0.5) is 5.69 Å². The molecular formula is C29H32ClN7O. The number of rotatable bonds is 6. The summed E-state index contributed by atoms with van der Waals surface area (Å²) in [5.41, 5.74) is 5.66. The zero-order valence-corrected chi connectivity index (χ0v) is 22.6. The van der Waals surface area contributed by atoms with E-state index in [1.807, 2.05) is 12.3 Å². The van der Waals surface area contributed by atoms with E-state index in [2.05, 4.69) is 67.8 Å². The van der Waals surface area contributed by atoms with Crippen molar-refractivity contribution in [1.82, 2.24) is 29.8 Å². The van der Waals surface area contributed by atoms with Gasteiger partial charge in [0.25, 0.3) is 0 Å². The Bertz CT molecular complexity index is 1510. The zero-order valence-electron chi connectivity index (χ0n) is 21.9. The fourth-order valence-corrected chi connectivity index (χ4v) is 5.94. The van der Waals surface area contributed by atoms with Crippen LogP contribution in [0.5, 0.6) is 5.88 Å². The Morgan fingerprint density at radius 2 is 1.84 bits per heavy atom. The molecule has 2 saturated heterocycles. The molecule has 5 heterocycles. The van der Waals surface area contributed by atoms with E-state index in [9.17, 15) is 0 Å². The van der Waals surface area contributed by atoms with Crippen LogP contribution in [0.3, 0.4) is 0 Å². The van der Waals surface area contributed by atoms with Gasteiger partial charge in [0.15, 0.2) is 11.2 Å². The highest BCUT2D eigenvalue weighted by molar-refractivity contribution is 6.33. The molecule has 3 fully saturated rings. The largest absolute Gasteiger partial charge is 0.470 e. The maximum Gasteiger partial charge on any atom is 0.245 e.